The van der Waals surface area contributed by atoms with Gasteiger partial charge in [-0.05, 0) is 66.4 Å². The van der Waals surface area contributed by atoms with Gasteiger partial charge in [0.25, 0.3) is 10.0 Å². The molecule has 0 aliphatic carbocycles. The van der Waals surface area contributed by atoms with Crippen LogP contribution in [0.3, 0.4) is 0 Å². The van der Waals surface area contributed by atoms with Crippen molar-refractivity contribution in [1.82, 2.24) is 15.0 Å². The average Bonchev–Trinajstić information content (AvgIpc) is 2.69. The third-order valence-corrected chi connectivity index (χ3v) is 6.17. The van der Waals surface area contributed by atoms with Crippen LogP contribution in [0.1, 0.15) is 11.1 Å². The Kier molecular flexibility index (Phi) is 4.94. The molecule has 4 aromatic rings. The quantitative estimate of drug-likeness (QED) is 0.421. The molecule has 158 valence electrons. The summed E-state index contributed by atoms with van der Waals surface area (Å²) >= 11 is 0. The molecule has 10 heteroatoms. The van der Waals surface area contributed by atoms with E-state index >= 15 is 0 Å². The van der Waals surface area contributed by atoms with Crippen LogP contribution in [-0.2, 0) is 10.0 Å². The number of hydrogen-bond acceptors (Lipinski definition) is 5. The maximum Gasteiger partial charge on any atom is 0.315 e. The molecule has 2 aromatic carbocycles. The minimum atomic E-state index is -4.08. The number of rotatable bonds is 4. The number of aromatic amines is 2. The number of H-pyrrole nitrogens is 2. The molecule has 0 aliphatic heterocycles. The lowest BCUT2D eigenvalue weighted by atomic mass is 10.0. The van der Waals surface area contributed by atoms with Crippen LogP contribution in [0.25, 0.3) is 22.3 Å². The summed E-state index contributed by atoms with van der Waals surface area (Å²) in [5.41, 5.74) is 1.45. The Bertz CT molecular complexity index is 1540. The van der Waals surface area contributed by atoms with Crippen LogP contribution in [0.4, 0.5) is 10.1 Å². The van der Waals surface area contributed by atoms with Crippen molar-refractivity contribution in [2.24, 2.45) is 0 Å². The van der Waals surface area contributed by atoms with Gasteiger partial charge in [-0.25, -0.2) is 9.37 Å². The highest BCUT2D eigenvalue weighted by Gasteiger charge is 2.21. The first-order chi connectivity index (χ1) is 14.6. The number of nitrogens with one attached hydrogen (secondary N) is 3. The largest absolute Gasteiger partial charge is 0.315 e. The predicted molar refractivity (Wildman–Crippen MR) is 115 cm³/mol. The minimum absolute atomic E-state index is 0.0431. The highest BCUT2D eigenvalue weighted by atomic mass is 32.2. The molecule has 0 amide bonds. The fourth-order valence-corrected chi connectivity index (χ4v) is 4.51. The van der Waals surface area contributed by atoms with E-state index in [0.717, 1.165) is 16.7 Å². The molecule has 31 heavy (non-hydrogen) atoms. The lowest BCUT2D eigenvalue weighted by Gasteiger charge is -2.13. The Balaban J connectivity index is 1.70. The number of aromatic nitrogens is 3. The van der Waals surface area contributed by atoms with E-state index < -0.39 is 21.1 Å². The molecule has 0 fully saturated rings. The number of nitrogens with zero attached hydrogens (tertiary/aromatic N) is 1. The number of anilines is 1. The Morgan fingerprint density at radius 2 is 1.58 bits per heavy atom. The molecular formula is C21H17FN4O4S. The smallest absolute Gasteiger partial charge is 0.315 e. The number of pyridine rings is 1. The highest BCUT2D eigenvalue weighted by molar-refractivity contribution is 7.92. The number of aryl methyl sites for hydroxylation is 2. The molecule has 0 unspecified atom stereocenters. The third kappa shape index (κ3) is 3.97. The number of benzene rings is 2. The summed E-state index contributed by atoms with van der Waals surface area (Å²) in [4.78, 5) is 31.7. The molecule has 3 N–H and O–H groups in total. The van der Waals surface area contributed by atoms with Gasteiger partial charge in [-0.3, -0.25) is 14.3 Å². The molecule has 0 aliphatic rings. The van der Waals surface area contributed by atoms with E-state index in [9.17, 15) is 22.4 Å². The van der Waals surface area contributed by atoms with Gasteiger partial charge in [0.05, 0.1) is 5.52 Å². The van der Waals surface area contributed by atoms with Gasteiger partial charge >= 0.3 is 11.1 Å². The molecule has 0 spiro atoms. The molecule has 0 bridgehead atoms. The first kappa shape index (κ1) is 20.5. The summed E-state index contributed by atoms with van der Waals surface area (Å²) in [6.07, 6.45) is 0. The molecule has 0 saturated carbocycles. The standard InChI is InChI=1S/C21H17FN4O4S/c1-11-9-15(7-8-16(11)13-3-5-14(22)6-4-13)26-31(29,30)21-12(2)10-17-18(25-21)24-20(28)19(27)23-17/h3-10,26H,1-2H3,(H,23,27)(H,24,25,28). The van der Waals surface area contributed by atoms with Crippen molar-refractivity contribution in [2.75, 3.05) is 4.72 Å². The van der Waals surface area contributed by atoms with Crippen molar-refractivity contribution in [2.45, 2.75) is 18.9 Å². The molecule has 0 radical (unpaired) electrons. The molecule has 2 heterocycles. The van der Waals surface area contributed by atoms with Gasteiger partial charge in [-0.15, -0.1) is 0 Å². The van der Waals surface area contributed by atoms with Crippen LogP contribution in [0.5, 0.6) is 0 Å². The van der Waals surface area contributed by atoms with Gasteiger partial charge in [-0.2, -0.15) is 8.42 Å². The topological polar surface area (TPSA) is 125 Å². The summed E-state index contributed by atoms with van der Waals surface area (Å²) in [5.74, 6) is -0.338. The zero-order valence-electron chi connectivity index (χ0n) is 16.5. The number of fused-ring (bicyclic) bond motifs is 1. The van der Waals surface area contributed by atoms with Crippen LogP contribution in [-0.4, -0.2) is 23.4 Å². The number of hydrogen-bond donors (Lipinski definition) is 3. The normalized spacial score (nSPS) is 11.6. The van der Waals surface area contributed by atoms with Crippen molar-refractivity contribution in [3.63, 3.8) is 0 Å². The Labute approximate surface area is 175 Å². The molecule has 0 atom stereocenters. The van der Waals surface area contributed by atoms with Gasteiger partial charge < -0.3 is 9.97 Å². The van der Waals surface area contributed by atoms with E-state index in [1.807, 2.05) is 6.92 Å². The summed E-state index contributed by atoms with van der Waals surface area (Å²) < 4.78 is 41.5. The van der Waals surface area contributed by atoms with Crippen molar-refractivity contribution < 1.29 is 12.8 Å². The zero-order valence-corrected chi connectivity index (χ0v) is 17.3. The van der Waals surface area contributed by atoms with E-state index in [1.165, 1.54) is 25.1 Å². The summed E-state index contributed by atoms with van der Waals surface area (Å²) in [6, 6.07) is 12.4. The van der Waals surface area contributed by atoms with E-state index in [4.69, 9.17) is 0 Å². The maximum atomic E-state index is 13.2. The minimum Gasteiger partial charge on any atom is -0.315 e. The van der Waals surface area contributed by atoms with E-state index in [0.29, 0.717) is 11.3 Å². The lowest BCUT2D eigenvalue weighted by Crippen LogP contribution is -2.29. The summed E-state index contributed by atoms with van der Waals surface area (Å²) in [7, 11) is -4.08. The number of halogens is 1. The van der Waals surface area contributed by atoms with E-state index in [-0.39, 0.29) is 22.0 Å². The van der Waals surface area contributed by atoms with Crippen molar-refractivity contribution in [1.29, 1.82) is 0 Å². The number of sulfonamides is 1. The van der Waals surface area contributed by atoms with Crippen LogP contribution in [0.2, 0.25) is 0 Å². The van der Waals surface area contributed by atoms with Gasteiger partial charge in [0, 0.05) is 5.69 Å². The van der Waals surface area contributed by atoms with Crippen molar-refractivity contribution in [3.05, 3.63) is 86.2 Å². The Morgan fingerprint density at radius 1 is 0.903 bits per heavy atom. The van der Waals surface area contributed by atoms with Crippen LogP contribution >= 0.6 is 0 Å². The average molecular weight is 440 g/mol. The summed E-state index contributed by atoms with van der Waals surface area (Å²) in [5, 5.41) is -0.275. The molecular weight excluding hydrogens is 423 g/mol. The zero-order chi connectivity index (χ0) is 22.3. The second-order valence-corrected chi connectivity index (χ2v) is 8.65. The maximum absolute atomic E-state index is 13.2. The van der Waals surface area contributed by atoms with Crippen LogP contribution in [0.15, 0.2) is 63.1 Å². The van der Waals surface area contributed by atoms with Gasteiger partial charge in [0.2, 0.25) is 0 Å². The van der Waals surface area contributed by atoms with Gasteiger partial charge in [0.15, 0.2) is 10.7 Å². The Morgan fingerprint density at radius 3 is 2.26 bits per heavy atom. The first-order valence-corrected chi connectivity index (χ1v) is 10.7. The molecule has 8 nitrogen and oxygen atoms in total. The SMILES string of the molecule is Cc1cc(NS(=O)(=O)c2nc3[nH]c(=O)c(=O)[nH]c3cc2C)ccc1-c1ccc(F)cc1. The fraction of sp³-hybridized carbons (Fsp3) is 0.0952. The van der Waals surface area contributed by atoms with Gasteiger partial charge in [-0.1, -0.05) is 18.2 Å². The molecule has 4 rings (SSSR count). The first-order valence-electron chi connectivity index (χ1n) is 9.17. The lowest BCUT2D eigenvalue weighted by molar-refractivity contribution is 0.597. The van der Waals surface area contributed by atoms with E-state index in [2.05, 4.69) is 19.7 Å². The van der Waals surface area contributed by atoms with Crippen LogP contribution < -0.4 is 15.8 Å². The monoisotopic (exact) mass is 440 g/mol. The van der Waals surface area contributed by atoms with Gasteiger partial charge in [0.1, 0.15) is 5.82 Å². The Hall–Kier alpha value is -3.79. The van der Waals surface area contributed by atoms with E-state index in [1.54, 1.807) is 30.3 Å². The summed E-state index contributed by atoms with van der Waals surface area (Å²) in [6.45, 7) is 3.35. The van der Waals surface area contributed by atoms with Crippen LogP contribution in [0, 0.1) is 19.7 Å². The fourth-order valence-electron chi connectivity index (χ4n) is 3.29. The van der Waals surface area contributed by atoms with Crippen molar-refractivity contribution in [3.8, 4) is 11.1 Å². The predicted octanol–water partition coefficient (Wildman–Crippen LogP) is 2.84. The second kappa shape index (κ2) is 7.47. The third-order valence-electron chi connectivity index (χ3n) is 4.74. The second-order valence-electron chi connectivity index (χ2n) is 7.06. The highest BCUT2D eigenvalue weighted by Crippen LogP contribution is 2.27. The molecule has 0 saturated heterocycles. The van der Waals surface area contributed by atoms with Crippen molar-refractivity contribution >= 4 is 26.9 Å². The molecule has 2 aromatic heterocycles.